The summed E-state index contributed by atoms with van der Waals surface area (Å²) in [5.74, 6) is 0.413. The van der Waals surface area contributed by atoms with E-state index in [0.29, 0.717) is 18.9 Å². The lowest BCUT2D eigenvalue weighted by molar-refractivity contribution is -0.143. The minimum absolute atomic E-state index is 0.0596. The smallest absolute Gasteiger partial charge is 0.305 e. The van der Waals surface area contributed by atoms with Gasteiger partial charge < -0.3 is 4.74 Å². The van der Waals surface area contributed by atoms with Crippen molar-refractivity contribution >= 4 is 5.97 Å². The third-order valence-electron chi connectivity index (χ3n) is 4.71. The van der Waals surface area contributed by atoms with E-state index in [9.17, 15) is 4.79 Å². The van der Waals surface area contributed by atoms with Crippen LogP contribution in [0, 0.1) is 12.8 Å². The number of aryl methyl sites for hydroxylation is 1. The number of rotatable bonds is 7. The largest absolute Gasteiger partial charge is 0.466 e. The molecule has 0 amide bonds. The monoisotopic (exact) mass is 314 g/mol. The van der Waals surface area contributed by atoms with E-state index in [1.807, 2.05) is 6.92 Å². The van der Waals surface area contributed by atoms with E-state index in [4.69, 9.17) is 4.74 Å². The van der Waals surface area contributed by atoms with Gasteiger partial charge in [-0.05, 0) is 63.9 Å². The Morgan fingerprint density at radius 1 is 1.17 bits per heavy atom. The zero-order valence-corrected chi connectivity index (χ0v) is 14.6. The van der Waals surface area contributed by atoms with Gasteiger partial charge in [0.1, 0.15) is 0 Å². The Morgan fingerprint density at radius 3 is 2.70 bits per heavy atom. The molecule has 0 aromatic heterocycles. The molecule has 1 unspecified atom stereocenters. The van der Waals surface area contributed by atoms with Crippen LogP contribution in [0.3, 0.4) is 0 Å². The molecule has 126 valence electrons. The second kappa shape index (κ2) is 9.54. The number of allylic oxidation sites excluding steroid dienone is 2. The molecule has 0 saturated carbocycles. The zero-order valence-electron chi connectivity index (χ0n) is 14.6. The number of hydrogen-bond donors (Lipinski definition) is 0. The highest BCUT2D eigenvalue weighted by molar-refractivity contribution is 5.69. The highest BCUT2D eigenvalue weighted by atomic mass is 16.5. The first kappa shape index (κ1) is 17.8. The predicted molar refractivity (Wildman–Crippen MR) is 95.4 cm³/mol. The van der Waals surface area contributed by atoms with Crippen LogP contribution in [0.4, 0.5) is 0 Å². The van der Waals surface area contributed by atoms with Gasteiger partial charge >= 0.3 is 5.97 Å². The Hall–Kier alpha value is -1.57. The molecule has 0 heterocycles. The number of esters is 1. The summed E-state index contributed by atoms with van der Waals surface area (Å²) in [5, 5.41) is 0. The SMILES string of the molecule is CCOC(=O)CCC(Cc1ccc(C)cc1)C1=CCCCCC1. The molecule has 0 aliphatic heterocycles. The lowest BCUT2D eigenvalue weighted by Gasteiger charge is -2.20. The highest BCUT2D eigenvalue weighted by Gasteiger charge is 2.18. The van der Waals surface area contributed by atoms with Gasteiger partial charge in [0.25, 0.3) is 0 Å². The molecule has 1 aliphatic carbocycles. The Labute approximate surface area is 140 Å². The van der Waals surface area contributed by atoms with Crippen LogP contribution in [0.5, 0.6) is 0 Å². The molecule has 23 heavy (non-hydrogen) atoms. The van der Waals surface area contributed by atoms with Crippen molar-refractivity contribution in [2.24, 2.45) is 5.92 Å². The van der Waals surface area contributed by atoms with Crippen LogP contribution in [0.1, 0.15) is 63.0 Å². The number of ether oxygens (including phenoxy) is 1. The van der Waals surface area contributed by atoms with Crippen molar-refractivity contribution in [1.82, 2.24) is 0 Å². The Bertz CT molecular complexity index is 513. The summed E-state index contributed by atoms with van der Waals surface area (Å²) >= 11 is 0. The maximum Gasteiger partial charge on any atom is 0.305 e. The first-order valence-corrected chi connectivity index (χ1v) is 9.09. The third kappa shape index (κ3) is 6.21. The number of hydrogen-bond acceptors (Lipinski definition) is 2. The summed E-state index contributed by atoms with van der Waals surface area (Å²) in [7, 11) is 0. The van der Waals surface area contributed by atoms with Crippen molar-refractivity contribution in [2.45, 2.75) is 65.2 Å². The van der Waals surface area contributed by atoms with Gasteiger partial charge in [-0.1, -0.05) is 47.9 Å². The highest BCUT2D eigenvalue weighted by Crippen LogP contribution is 2.29. The zero-order chi connectivity index (χ0) is 16.5. The van der Waals surface area contributed by atoms with E-state index >= 15 is 0 Å². The van der Waals surface area contributed by atoms with Crippen LogP contribution < -0.4 is 0 Å². The van der Waals surface area contributed by atoms with Crippen molar-refractivity contribution < 1.29 is 9.53 Å². The summed E-state index contributed by atoms with van der Waals surface area (Å²) in [6, 6.07) is 8.81. The molecule has 0 radical (unpaired) electrons. The molecule has 0 N–H and O–H groups in total. The van der Waals surface area contributed by atoms with E-state index in [2.05, 4.69) is 37.3 Å². The first-order valence-electron chi connectivity index (χ1n) is 9.09. The van der Waals surface area contributed by atoms with Crippen LogP contribution in [0.15, 0.2) is 35.9 Å². The number of carbonyl (C=O) groups is 1. The van der Waals surface area contributed by atoms with Crippen LogP contribution in [-0.2, 0) is 16.0 Å². The van der Waals surface area contributed by atoms with Crippen LogP contribution in [-0.4, -0.2) is 12.6 Å². The fourth-order valence-electron chi connectivity index (χ4n) is 3.36. The molecular weight excluding hydrogens is 284 g/mol. The summed E-state index contributed by atoms with van der Waals surface area (Å²) in [5.41, 5.74) is 4.23. The fourth-order valence-corrected chi connectivity index (χ4v) is 3.36. The lowest BCUT2D eigenvalue weighted by atomic mass is 9.85. The Balaban J connectivity index is 2.04. The maximum atomic E-state index is 11.8. The molecule has 2 rings (SSSR count). The molecular formula is C21H30O2. The standard InChI is InChI=1S/C21H30O2/c1-3-23-21(22)15-14-20(19-8-6-4-5-7-9-19)16-18-12-10-17(2)11-13-18/h8,10-13,20H,3-7,9,14-16H2,1-2H3. The van der Waals surface area contributed by atoms with Crippen LogP contribution in [0.25, 0.3) is 0 Å². The summed E-state index contributed by atoms with van der Waals surface area (Å²) in [6.45, 7) is 4.47. The van der Waals surface area contributed by atoms with Crippen molar-refractivity contribution in [3.63, 3.8) is 0 Å². The molecule has 1 atom stereocenters. The quantitative estimate of drug-likeness (QED) is 0.498. The minimum Gasteiger partial charge on any atom is -0.466 e. The molecule has 0 saturated heterocycles. The maximum absolute atomic E-state index is 11.8. The summed E-state index contributed by atoms with van der Waals surface area (Å²) in [4.78, 5) is 11.8. The second-order valence-electron chi connectivity index (χ2n) is 6.61. The van der Waals surface area contributed by atoms with Crippen molar-refractivity contribution in [3.05, 3.63) is 47.0 Å². The van der Waals surface area contributed by atoms with E-state index in [-0.39, 0.29) is 5.97 Å². The van der Waals surface area contributed by atoms with Crippen molar-refractivity contribution in [3.8, 4) is 0 Å². The predicted octanol–water partition coefficient (Wildman–Crippen LogP) is 5.39. The van der Waals surface area contributed by atoms with Gasteiger partial charge in [-0.3, -0.25) is 4.79 Å². The lowest BCUT2D eigenvalue weighted by Crippen LogP contribution is -2.12. The fraction of sp³-hybridized carbons (Fsp3) is 0.571. The minimum atomic E-state index is -0.0596. The Kier molecular flexibility index (Phi) is 7.38. The van der Waals surface area contributed by atoms with Crippen molar-refractivity contribution in [1.29, 1.82) is 0 Å². The van der Waals surface area contributed by atoms with E-state index in [1.165, 1.54) is 43.2 Å². The van der Waals surface area contributed by atoms with Gasteiger partial charge in [0.05, 0.1) is 6.61 Å². The second-order valence-corrected chi connectivity index (χ2v) is 6.61. The molecule has 0 fully saturated rings. The molecule has 1 aliphatic rings. The average molecular weight is 314 g/mol. The molecule has 0 spiro atoms. The normalized spacial score (nSPS) is 16.3. The van der Waals surface area contributed by atoms with Gasteiger partial charge in [-0.2, -0.15) is 0 Å². The van der Waals surface area contributed by atoms with E-state index in [1.54, 1.807) is 5.57 Å². The summed E-state index contributed by atoms with van der Waals surface area (Å²) in [6.07, 6.45) is 11.2. The molecule has 2 nitrogen and oxygen atoms in total. The molecule has 1 aromatic rings. The van der Waals surface area contributed by atoms with Gasteiger partial charge in [0.2, 0.25) is 0 Å². The van der Waals surface area contributed by atoms with Gasteiger partial charge in [-0.15, -0.1) is 0 Å². The number of benzene rings is 1. The van der Waals surface area contributed by atoms with Gasteiger partial charge in [-0.25, -0.2) is 0 Å². The topological polar surface area (TPSA) is 26.3 Å². The van der Waals surface area contributed by atoms with Gasteiger partial charge in [0, 0.05) is 6.42 Å². The molecule has 2 heteroatoms. The van der Waals surface area contributed by atoms with Crippen LogP contribution in [0.2, 0.25) is 0 Å². The van der Waals surface area contributed by atoms with Crippen molar-refractivity contribution in [2.75, 3.05) is 6.61 Å². The van der Waals surface area contributed by atoms with Crippen LogP contribution >= 0.6 is 0 Å². The third-order valence-corrected chi connectivity index (χ3v) is 4.71. The van der Waals surface area contributed by atoms with E-state index in [0.717, 1.165) is 12.8 Å². The number of carbonyl (C=O) groups excluding carboxylic acids is 1. The first-order chi connectivity index (χ1) is 11.2. The summed E-state index contributed by atoms with van der Waals surface area (Å²) < 4.78 is 5.11. The van der Waals surface area contributed by atoms with E-state index < -0.39 is 0 Å². The molecule has 0 bridgehead atoms. The van der Waals surface area contributed by atoms with Gasteiger partial charge in [0.15, 0.2) is 0 Å². The average Bonchev–Trinajstić information content (AvgIpc) is 2.83. The Morgan fingerprint density at radius 2 is 1.96 bits per heavy atom. The molecule has 1 aromatic carbocycles.